The van der Waals surface area contributed by atoms with Gasteiger partial charge in [-0.25, -0.2) is 9.37 Å². The minimum absolute atomic E-state index is 0.0198. The summed E-state index contributed by atoms with van der Waals surface area (Å²) in [6.45, 7) is 6.03. The molecule has 0 bridgehead atoms. The van der Waals surface area contributed by atoms with E-state index in [0.29, 0.717) is 28.6 Å². The molecule has 1 unspecified atom stereocenters. The van der Waals surface area contributed by atoms with Crippen LogP contribution in [0.3, 0.4) is 0 Å². The molecule has 3 aromatic rings. The van der Waals surface area contributed by atoms with Gasteiger partial charge in [-0.1, -0.05) is 13.0 Å². The summed E-state index contributed by atoms with van der Waals surface area (Å²) in [6, 6.07) is 6.18. The maximum absolute atomic E-state index is 13.5. The van der Waals surface area contributed by atoms with Crippen LogP contribution >= 0.6 is 0 Å². The molecule has 3 N–H and O–H groups in total. The zero-order valence-corrected chi connectivity index (χ0v) is 15.1. The summed E-state index contributed by atoms with van der Waals surface area (Å²) in [5.74, 6) is 0.535. The molecule has 0 aliphatic carbocycles. The van der Waals surface area contributed by atoms with Crippen molar-refractivity contribution < 1.29 is 9.50 Å². The maximum atomic E-state index is 13.5. The molecule has 0 spiro atoms. The zero-order chi connectivity index (χ0) is 18.7. The fourth-order valence-corrected chi connectivity index (χ4v) is 2.61. The van der Waals surface area contributed by atoms with Gasteiger partial charge in [-0.15, -0.1) is 0 Å². The third kappa shape index (κ3) is 3.75. The van der Waals surface area contributed by atoms with Gasteiger partial charge in [0.05, 0.1) is 19.0 Å². The van der Waals surface area contributed by atoms with Crippen LogP contribution in [0.1, 0.15) is 33.2 Å². The summed E-state index contributed by atoms with van der Waals surface area (Å²) in [5.41, 5.74) is 1.85. The van der Waals surface area contributed by atoms with E-state index in [1.54, 1.807) is 18.5 Å². The molecule has 0 saturated heterocycles. The Bertz CT molecular complexity index is 891. The van der Waals surface area contributed by atoms with Gasteiger partial charge in [0.1, 0.15) is 5.82 Å². The normalized spacial score (nSPS) is 12.5. The number of nitrogens with one attached hydrogen (secondary N) is 2. The molecular weight excluding hydrogens is 335 g/mol. The summed E-state index contributed by atoms with van der Waals surface area (Å²) in [4.78, 5) is 13.5. The van der Waals surface area contributed by atoms with E-state index in [9.17, 15) is 9.50 Å². The lowest BCUT2D eigenvalue weighted by atomic mass is 10.2. The molecular formula is C18H23FN6O. The van der Waals surface area contributed by atoms with Gasteiger partial charge in [0.2, 0.25) is 5.95 Å². The summed E-state index contributed by atoms with van der Waals surface area (Å²) in [5, 5.41) is 15.7. The van der Waals surface area contributed by atoms with Crippen LogP contribution in [0.25, 0.3) is 11.2 Å². The Morgan fingerprint density at radius 3 is 2.73 bits per heavy atom. The van der Waals surface area contributed by atoms with E-state index in [1.807, 2.05) is 25.3 Å². The first-order chi connectivity index (χ1) is 12.5. The van der Waals surface area contributed by atoms with Gasteiger partial charge < -0.3 is 20.3 Å². The number of hydrogen-bond acceptors (Lipinski definition) is 6. The zero-order valence-electron chi connectivity index (χ0n) is 15.1. The third-order valence-corrected chi connectivity index (χ3v) is 4.11. The minimum Gasteiger partial charge on any atom is -0.394 e. The van der Waals surface area contributed by atoms with Gasteiger partial charge in [0.15, 0.2) is 17.0 Å². The Hall–Kier alpha value is -2.74. The molecule has 0 saturated carbocycles. The highest BCUT2D eigenvalue weighted by molar-refractivity contribution is 5.86. The lowest BCUT2D eigenvalue weighted by molar-refractivity contribution is 0.271. The van der Waals surface area contributed by atoms with Gasteiger partial charge in [-0.3, -0.25) is 0 Å². The van der Waals surface area contributed by atoms with Crippen LogP contribution in [0, 0.1) is 5.82 Å². The van der Waals surface area contributed by atoms with E-state index in [-0.39, 0.29) is 24.5 Å². The van der Waals surface area contributed by atoms with Crippen molar-refractivity contribution in [2.24, 2.45) is 0 Å². The number of halogens is 1. The quantitative estimate of drug-likeness (QED) is 0.599. The number of nitrogens with zero attached hydrogens (tertiary/aromatic N) is 4. The third-order valence-electron chi connectivity index (χ3n) is 4.11. The number of aromatic nitrogens is 4. The standard InChI is InChI=1S/C18H23FN6O/c1-4-13(9-26)22-18-23-16(21-14-7-5-6-12(19)8-14)15-17(24-18)25(10-20-15)11(2)3/h5-8,10-11,13,26H,4,9H2,1-3H3,(H2,21,22,23,24). The van der Waals surface area contributed by atoms with Crippen LogP contribution in [0.15, 0.2) is 30.6 Å². The molecule has 1 atom stereocenters. The molecule has 2 heterocycles. The molecule has 8 heteroatoms. The summed E-state index contributed by atoms with van der Waals surface area (Å²) in [6.07, 6.45) is 2.45. The highest BCUT2D eigenvalue weighted by atomic mass is 19.1. The average Bonchev–Trinajstić information content (AvgIpc) is 3.04. The van der Waals surface area contributed by atoms with Crippen LogP contribution in [0.2, 0.25) is 0 Å². The molecule has 0 aliphatic rings. The second-order valence-corrected chi connectivity index (χ2v) is 6.38. The van der Waals surface area contributed by atoms with Crippen LogP contribution in [0.4, 0.5) is 21.8 Å². The van der Waals surface area contributed by atoms with Gasteiger partial charge in [-0.05, 0) is 38.5 Å². The molecule has 138 valence electrons. The van der Waals surface area contributed by atoms with Crippen molar-refractivity contribution in [3.8, 4) is 0 Å². The Labute approximate surface area is 151 Å². The molecule has 0 fully saturated rings. The van der Waals surface area contributed by atoms with Crippen LogP contribution < -0.4 is 10.6 Å². The fourth-order valence-electron chi connectivity index (χ4n) is 2.61. The molecule has 0 radical (unpaired) electrons. The van der Waals surface area contributed by atoms with Gasteiger partial charge in [0.25, 0.3) is 0 Å². The Morgan fingerprint density at radius 2 is 2.08 bits per heavy atom. The number of fused-ring (bicyclic) bond motifs is 1. The van der Waals surface area contributed by atoms with Crippen molar-refractivity contribution >= 4 is 28.6 Å². The maximum Gasteiger partial charge on any atom is 0.227 e. The van der Waals surface area contributed by atoms with Crippen LogP contribution in [-0.2, 0) is 0 Å². The van der Waals surface area contributed by atoms with Crippen LogP contribution in [0.5, 0.6) is 0 Å². The smallest absolute Gasteiger partial charge is 0.227 e. The largest absolute Gasteiger partial charge is 0.394 e. The van der Waals surface area contributed by atoms with Crippen LogP contribution in [-0.4, -0.2) is 37.3 Å². The summed E-state index contributed by atoms with van der Waals surface area (Å²) >= 11 is 0. The molecule has 3 rings (SSSR count). The first-order valence-electron chi connectivity index (χ1n) is 8.66. The number of hydrogen-bond donors (Lipinski definition) is 3. The lowest BCUT2D eigenvalue weighted by Crippen LogP contribution is -2.24. The van der Waals surface area contributed by atoms with E-state index < -0.39 is 0 Å². The van der Waals surface area contributed by atoms with Gasteiger partial charge >= 0.3 is 0 Å². The topological polar surface area (TPSA) is 87.9 Å². The van der Waals surface area contributed by atoms with Crippen molar-refractivity contribution in [1.82, 2.24) is 19.5 Å². The summed E-state index contributed by atoms with van der Waals surface area (Å²) < 4.78 is 15.4. The van der Waals surface area contributed by atoms with E-state index in [0.717, 1.165) is 6.42 Å². The first-order valence-corrected chi connectivity index (χ1v) is 8.66. The average molecular weight is 358 g/mol. The van der Waals surface area contributed by atoms with E-state index in [1.165, 1.54) is 12.1 Å². The Kier molecular flexibility index (Phi) is 5.32. The van der Waals surface area contributed by atoms with Gasteiger partial charge in [-0.2, -0.15) is 9.97 Å². The molecule has 1 aromatic carbocycles. The number of anilines is 3. The van der Waals surface area contributed by atoms with Crippen molar-refractivity contribution in [2.75, 3.05) is 17.2 Å². The first kappa shape index (κ1) is 18.1. The van der Waals surface area contributed by atoms with Crippen molar-refractivity contribution in [3.63, 3.8) is 0 Å². The Morgan fingerprint density at radius 1 is 1.27 bits per heavy atom. The highest BCUT2D eigenvalue weighted by Crippen LogP contribution is 2.26. The van der Waals surface area contributed by atoms with Crippen molar-refractivity contribution in [1.29, 1.82) is 0 Å². The SMILES string of the molecule is CCC(CO)Nc1nc(Nc2cccc(F)c2)c2ncn(C(C)C)c2n1. The fraction of sp³-hybridized carbons (Fsp3) is 0.389. The van der Waals surface area contributed by atoms with Gasteiger partial charge in [0, 0.05) is 11.7 Å². The molecule has 26 heavy (non-hydrogen) atoms. The molecule has 0 aliphatic heterocycles. The number of rotatable bonds is 7. The second-order valence-electron chi connectivity index (χ2n) is 6.38. The van der Waals surface area contributed by atoms with E-state index >= 15 is 0 Å². The predicted molar refractivity (Wildman–Crippen MR) is 100 cm³/mol. The highest BCUT2D eigenvalue weighted by Gasteiger charge is 2.16. The van der Waals surface area contributed by atoms with E-state index in [4.69, 9.17) is 0 Å². The number of aliphatic hydroxyl groups excluding tert-OH is 1. The minimum atomic E-state index is -0.335. The van der Waals surface area contributed by atoms with Crippen molar-refractivity contribution in [3.05, 3.63) is 36.4 Å². The van der Waals surface area contributed by atoms with E-state index in [2.05, 4.69) is 25.6 Å². The monoisotopic (exact) mass is 358 g/mol. The second kappa shape index (κ2) is 7.65. The summed E-state index contributed by atoms with van der Waals surface area (Å²) in [7, 11) is 0. The predicted octanol–water partition coefficient (Wildman–Crippen LogP) is 3.47. The number of imidazole rings is 1. The van der Waals surface area contributed by atoms with Crippen molar-refractivity contribution in [2.45, 2.75) is 39.3 Å². The molecule has 2 aromatic heterocycles. The molecule has 0 amide bonds. The Balaban J connectivity index is 2.07. The number of aliphatic hydroxyl groups is 1. The number of benzene rings is 1. The molecule has 7 nitrogen and oxygen atoms in total. The lowest BCUT2D eigenvalue weighted by Gasteiger charge is -2.16.